The van der Waals surface area contributed by atoms with Gasteiger partial charge in [-0.1, -0.05) is 13.2 Å². The summed E-state index contributed by atoms with van der Waals surface area (Å²) < 4.78 is 0. The molecule has 0 aliphatic carbocycles. The van der Waals surface area contributed by atoms with E-state index in [-0.39, 0.29) is 0 Å². The summed E-state index contributed by atoms with van der Waals surface area (Å²) in [5.74, 6) is 0. The van der Waals surface area contributed by atoms with Gasteiger partial charge in [-0.05, 0) is 0 Å². The third kappa shape index (κ3) is 11300. The predicted octanol–water partition coefficient (Wildman–Crippen LogP) is 0.614. The first-order valence-electron chi connectivity index (χ1n) is 1.50. The monoisotopic (exact) mass is 248 g/mol. The summed E-state index contributed by atoms with van der Waals surface area (Å²) in [4.78, 5) is 0. The summed E-state index contributed by atoms with van der Waals surface area (Å²) >= 11 is 5.00. The molecule has 0 spiro atoms. The Morgan fingerprint density at radius 1 is 1.00 bits per heavy atom. The van der Waals surface area contributed by atoms with Crippen LogP contribution < -0.4 is 0 Å². The first kappa shape index (κ1) is 15.7. The van der Waals surface area contributed by atoms with Crippen LogP contribution >= 0.6 is 0 Å². The summed E-state index contributed by atoms with van der Waals surface area (Å²) in [6.07, 6.45) is 1.50. The molecule has 2 nitrogen and oxygen atoms in total. The average molecular weight is 246 g/mol. The molecule has 8 heavy (non-hydrogen) atoms. The molecule has 0 unspecified atom stereocenters. The van der Waals surface area contributed by atoms with Crippen molar-refractivity contribution in [2.75, 3.05) is 0 Å². The molecule has 0 saturated carbocycles. The Morgan fingerprint density at radius 3 is 1.00 bits per heavy atom. The van der Waals surface area contributed by atoms with Gasteiger partial charge in [0.25, 0.3) is 0 Å². The topological polar surface area (TPSA) is 40.5 Å². The van der Waals surface area contributed by atoms with Gasteiger partial charge in [0.2, 0.25) is 0 Å². The van der Waals surface area contributed by atoms with E-state index >= 15 is 0 Å². The zero-order valence-corrected chi connectivity index (χ0v) is 7.71. The standard InChI is InChI=1S/2C2H4O.Se2/c2*1-2-3;1-2/h2*2-3H,1H2;. The van der Waals surface area contributed by atoms with Crippen LogP contribution in [0.25, 0.3) is 0 Å². The van der Waals surface area contributed by atoms with Crippen LogP contribution in [-0.4, -0.2) is 37.5 Å². The van der Waals surface area contributed by atoms with Crippen molar-refractivity contribution >= 4 is 27.3 Å². The number of hydrogen-bond acceptors (Lipinski definition) is 2. The molecule has 4 heteroatoms. The second-order valence-corrected chi connectivity index (χ2v) is 0.365. The molecule has 0 aliphatic rings. The van der Waals surface area contributed by atoms with Gasteiger partial charge in [-0.2, -0.15) is 0 Å². The average Bonchev–Trinajstić information content (AvgIpc) is 1.75. The Labute approximate surface area is 63.4 Å². The van der Waals surface area contributed by atoms with Crippen LogP contribution in [0.3, 0.4) is 0 Å². The maximum absolute atomic E-state index is 7.33. The molecule has 0 saturated heterocycles. The van der Waals surface area contributed by atoms with Crippen LogP contribution in [-0.2, 0) is 0 Å². The minimum atomic E-state index is 0.750. The van der Waals surface area contributed by atoms with Crippen LogP contribution in [0.15, 0.2) is 25.7 Å². The Kier molecular flexibility index (Phi) is 117. The molecule has 0 aromatic rings. The molecule has 0 amide bonds. The van der Waals surface area contributed by atoms with E-state index in [9.17, 15) is 0 Å². The van der Waals surface area contributed by atoms with Gasteiger partial charge in [-0.3, -0.25) is 0 Å². The van der Waals surface area contributed by atoms with Crippen molar-refractivity contribution < 1.29 is 10.2 Å². The summed E-state index contributed by atoms with van der Waals surface area (Å²) in [7, 11) is 0. The quantitative estimate of drug-likeness (QED) is 0.485. The molecule has 0 fully saturated rings. The van der Waals surface area contributed by atoms with Crippen molar-refractivity contribution in [2.24, 2.45) is 0 Å². The maximum atomic E-state index is 7.33. The summed E-state index contributed by atoms with van der Waals surface area (Å²) in [6.45, 7) is 5.83. The third-order valence-corrected chi connectivity index (χ3v) is 0. The van der Waals surface area contributed by atoms with Crippen molar-refractivity contribution in [3.8, 4) is 0 Å². The molecular formula is C4H8O2Se2. The molecule has 0 atom stereocenters. The van der Waals surface area contributed by atoms with E-state index < -0.39 is 0 Å². The second kappa shape index (κ2) is 59.4. The Hall–Kier alpha value is 0.119. The SMILES string of the molecule is C=CO.C=CO.[Se]=[Se]. The molecule has 0 aromatic heterocycles. The minimum absolute atomic E-state index is 0.750. The van der Waals surface area contributed by atoms with Gasteiger partial charge in [-0.25, -0.2) is 0 Å². The van der Waals surface area contributed by atoms with Gasteiger partial charge in [0, 0.05) is 0 Å². The van der Waals surface area contributed by atoms with Crippen LogP contribution in [0.1, 0.15) is 0 Å². The third-order valence-electron chi connectivity index (χ3n) is 0. The zero-order valence-electron chi connectivity index (χ0n) is 4.28. The van der Waals surface area contributed by atoms with E-state index in [0.29, 0.717) is 0 Å². The molecule has 0 aliphatic heterocycles. The van der Waals surface area contributed by atoms with Crippen molar-refractivity contribution in [3.63, 3.8) is 0 Å². The molecule has 0 rings (SSSR count). The molecule has 0 radical (unpaired) electrons. The van der Waals surface area contributed by atoms with E-state index in [4.69, 9.17) is 10.2 Å². The Morgan fingerprint density at radius 2 is 1.00 bits per heavy atom. The predicted molar refractivity (Wildman–Crippen MR) is 37.2 cm³/mol. The molecule has 0 aromatic carbocycles. The number of hydrogen-bond donors (Lipinski definition) is 2. The normalized spacial score (nSPS) is 3.50. The van der Waals surface area contributed by atoms with Crippen molar-refractivity contribution in [1.29, 1.82) is 0 Å². The van der Waals surface area contributed by atoms with Crippen LogP contribution in [0.5, 0.6) is 0 Å². The van der Waals surface area contributed by atoms with Crippen LogP contribution in [0.2, 0.25) is 0 Å². The van der Waals surface area contributed by atoms with E-state index in [2.05, 4.69) is 40.5 Å². The van der Waals surface area contributed by atoms with Crippen molar-refractivity contribution in [1.82, 2.24) is 0 Å². The van der Waals surface area contributed by atoms with Crippen LogP contribution in [0, 0.1) is 0 Å². The van der Waals surface area contributed by atoms with Gasteiger partial charge in [0.05, 0.1) is 12.5 Å². The molecule has 0 heterocycles. The summed E-state index contributed by atoms with van der Waals surface area (Å²) in [5.41, 5.74) is 0. The number of aliphatic hydroxyl groups is 2. The Bertz CT molecular complexity index is 41.3. The summed E-state index contributed by atoms with van der Waals surface area (Å²) in [6, 6.07) is 0. The van der Waals surface area contributed by atoms with Gasteiger partial charge in [0.1, 0.15) is 0 Å². The van der Waals surface area contributed by atoms with E-state index in [1.54, 1.807) is 0 Å². The fraction of sp³-hybridized carbons (Fsp3) is 0. The molecule has 2 N–H and O–H groups in total. The van der Waals surface area contributed by atoms with Gasteiger partial charge in [-0.15, -0.1) is 0 Å². The van der Waals surface area contributed by atoms with E-state index in [1.165, 1.54) is 0 Å². The molecule has 0 bridgehead atoms. The van der Waals surface area contributed by atoms with Crippen molar-refractivity contribution in [3.05, 3.63) is 25.7 Å². The summed E-state index contributed by atoms with van der Waals surface area (Å²) in [5, 5.41) is 14.7. The van der Waals surface area contributed by atoms with Gasteiger partial charge in [0.15, 0.2) is 0 Å². The Balaban J connectivity index is -0.0000000483. The van der Waals surface area contributed by atoms with E-state index in [1.807, 2.05) is 0 Å². The van der Waals surface area contributed by atoms with Crippen molar-refractivity contribution in [2.45, 2.75) is 0 Å². The molecular weight excluding hydrogens is 238 g/mol. The van der Waals surface area contributed by atoms with Gasteiger partial charge >= 0.3 is 27.3 Å². The van der Waals surface area contributed by atoms with E-state index in [0.717, 1.165) is 12.5 Å². The second-order valence-electron chi connectivity index (χ2n) is 0.365. The zero-order chi connectivity index (χ0) is 7.41. The fourth-order valence-corrected chi connectivity index (χ4v) is 0. The first-order valence-corrected chi connectivity index (χ1v) is 5.83. The van der Waals surface area contributed by atoms with Crippen LogP contribution in [0.4, 0.5) is 0 Å². The van der Waals surface area contributed by atoms with Gasteiger partial charge < -0.3 is 10.2 Å². The number of aliphatic hydroxyl groups excluding tert-OH is 2. The first-order chi connectivity index (χ1) is 3.83. The fourth-order valence-electron chi connectivity index (χ4n) is 0. The molecule has 48 valence electrons. The number of rotatable bonds is 0.